The number of carbonyl (C=O) groups excluding carboxylic acids is 1. The smallest absolute Gasteiger partial charge is 0.348 e. The molecule has 0 spiro atoms. The maximum Gasteiger partial charge on any atom is 0.417 e. The van der Waals surface area contributed by atoms with Crippen LogP contribution in [-0.4, -0.2) is 24.4 Å². The van der Waals surface area contributed by atoms with Crippen molar-refractivity contribution in [3.63, 3.8) is 0 Å². The lowest BCUT2D eigenvalue weighted by molar-refractivity contribution is -0.137. The zero-order valence-corrected chi connectivity index (χ0v) is 18.7. The summed E-state index contributed by atoms with van der Waals surface area (Å²) in [7, 11) is 1.98. The Balaban J connectivity index is 0.00000341. The van der Waals surface area contributed by atoms with Crippen LogP contribution in [-0.2, 0) is 12.7 Å². The molecule has 31 heavy (non-hydrogen) atoms. The molecule has 0 saturated carbocycles. The fraction of sp³-hybridized carbons (Fsp3) is 0.409. The first-order valence-corrected chi connectivity index (χ1v) is 10.1. The molecule has 3 nitrogen and oxygen atoms in total. The Morgan fingerprint density at radius 2 is 1.94 bits per heavy atom. The van der Waals surface area contributed by atoms with Crippen LogP contribution in [0.5, 0.6) is 0 Å². The molecule has 1 aliphatic rings. The summed E-state index contributed by atoms with van der Waals surface area (Å²) < 4.78 is 53.1. The monoisotopic (exact) mass is 478 g/mol. The standard InChI is InChI=1S/C22H23ClF4N2O.ClH/c1-13-6-9-19(29(2)12-13)17-10-15(24)8-7-14(17)11-28-21(30)16-4-3-5-18(20(16)23)22(25,26)27;/h3-5,7-8,10,13,19H,6,9,11-12H2,1-2H3,(H,28,30);1H. The van der Waals surface area contributed by atoms with Gasteiger partial charge in [-0.3, -0.25) is 9.69 Å². The molecular formula is C22H24Cl2F4N2O. The molecule has 2 unspecified atom stereocenters. The van der Waals surface area contributed by atoms with Gasteiger partial charge in [-0.05, 0) is 61.2 Å². The summed E-state index contributed by atoms with van der Waals surface area (Å²) >= 11 is 5.84. The number of rotatable bonds is 4. The first kappa shape index (κ1) is 25.4. The van der Waals surface area contributed by atoms with Crippen LogP contribution in [0.25, 0.3) is 0 Å². The van der Waals surface area contributed by atoms with Crippen LogP contribution in [0.2, 0.25) is 5.02 Å². The normalized spacial score (nSPS) is 19.6. The van der Waals surface area contributed by atoms with Gasteiger partial charge >= 0.3 is 6.18 Å². The SMILES string of the molecule is CC1CCC(c2cc(F)ccc2CNC(=O)c2cccc(C(F)(F)F)c2Cl)N(C)C1.Cl. The van der Waals surface area contributed by atoms with Gasteiger partial charge < -0.3 is 5.32 Å². The second-order valence-corrected chi connectivity index (χ2v) is 8.21. The van der Waals surface area contributed by atoms with E-state index in [-0.39, 0.29) is 36.4 Å². The van der Waals surface area contributed by atoms with Crippen LogP contribution in [0.1, 0.15) is 52.9 Å². The van der Waals surface area contributed by atoms with Crippen LogP contribution in [0.3, 0.4) is 0 Å². The van der Waals surface area contributed by atoms with E-state index in [1.807, 2.05) is 7.05 Å². The van der Waals surface area contributed by atoms with E-state index in [1.165, 1.54) is 18.2 Å². The number of benzene rings is 2. The van der Waals surface area contributed by atoms with E-state index in [2.05, 4.69) is 17.1 Å². The highest BCUT2D eigenvalue weighted by atomic mass is 35.5. The van der Waals surface area contributed by atoms with Gasteiger partial charge in [-0.25, -0.2) is 4.39 Å². The highest BCUT2D eigenvalue weighted by Gasteiger charge is 2.34. The molecule has 0 aliphatic carbocycles. The topological polar surface area (TPSA) is 32.3 Å². The zero-order chi connectivity index (χ0) is 22.1. The van der Waals surface area contributed by atoms with Crippen molar-refractivity contribution in [3.05, 3.63) is 69.5 Å². The van der Waals surface area contributed by atoms with Crippen molar-refractivity contribution in [1.82, 2.24) is 10.2 Å². The van der Waals surface area contributed by atoms with Crippen LogP contribution < -0.4 is 5.32 Å². The largest absolute Gasteiger partial charge is 0.417 e. The van der Waals surface area contributed by atoms with Crippen LogP contribution >= 0.6 is 24.0 Å². The fourth-order valence-electron chi connectivity index (χ4n) is 4.00. The minimum absolute atomic E-state index is 0. The number of nitrogens with zero attached hydrogens (tertiary/aromatic N) is 1. The number of carbonyl (C=O) groups is 1. The molecule has 0 aromatic heterocycles. The van der Waals surface area contributed by atoms with Crippen molar-refractivity contribution in [2.75, 3.05) is 13.6 Å². The van der Waals surface area contributed by atoms with Gasteiger partial charge in [0, 0.05) is 19.1 Å². The molecule has 1 saturated heterocycles. The van der Waals surface area contributed by atoms with E-state index >= 15 is 0 Å². The number of alkyl halides is 3. The van der Waals surface area contributed by atoms with E-state index in [0.717, 1.165) is 42.6 Å². The van der Waals surface area contributed by atoms with Crippen molar-refractivity contribution in [1.29, 1.82) is 0 Å². The molecule has 170 valence electrons. The molecule has 0 bridgehead atoms. The van der Waals surface area contributed by atoms with E-state index in [4.69, 9.17) is 11.6 Å². The lowest BCUT2D eigenvalue weighted by Crippen LogP contribution is -2.35. The molecule has 1 heterocycles. The van der Waals surface area contributed by atoms with Crippen LogP contribution in [0.4, 0.5) is 17.6 Å². The quantitative estimate of drug-likeness (QED) is 0.526. The van der Waals surface area contributed by atoms with Gasteiger partial charge in [0.05, 0.1) is 16.1 Å². The highest BCUT2D eigenvalue weighted by Crippen LogP contribution is 2.37. The van der Waals surface area contributed by atoms with E-state index in [1.54, 1.807) is 6.07 Å². The third-order valence-electron chi connectivity index (χ3n) is 5.52. The summed E-state index contributed by atoms with van der Waals surface area (Å²) in [5.74, 6) is -0.536. The molecule has 3 rings (SSSR count). The third kappa shape index (κ3) is 5.90. The predicted octanol–water partition coefficient (Wildman–Crippen LogP) is 6.25. The van der Waals surface area contributed by atoms with Crippen molar-refractivity contribution in [2.24, 2.45) is 5.92 Å². The number of amides is 1. The highest BCUT2D eigenvalue weighted by molar-refractivity contribution is 6.34. The number of likely N-dealkylation sites (tertiary alicyclic amines) is 1. The first-order valence-electron chi connectivity index (χ1n) is 9.70. The molecule has 9 heteroatoms. The Bertz CT molecular complexity index is 936. The molecule has 1 aliphatic heterocycles. The van der Waals surface area contributed by atoms with Crippen molar-refractivity contribution < 1.29 is 22.4 Å². The molecule has 0 radical (unpaired) electrons. The summed E-state index contributed by atoms with van der Waals surface area (Å²) in [5.41, 5.74) is 0.190. The Morgan fingerprint density at radius 3 is 2.58 bits per heavy atom. The van der Waals surface area contributed by atoms with Crippen molar-refractivity contribution >= 4 is 29.9 Å². The first-order chi connectivity index (χ1) is 14.1. The predicted molar refractivity (Wildman–Crippen MR) is 115 cm³/mol. The molecule has 1 N–H and O–H groups in total. The number of nitrogens with one attached hydrogen (secondary N) is 1. The molecule has 1 amide bonds. The fourth-order valence-corrected chi connectivity index (χ4v) is 4.32. The van der Waals surface area contributed by atoms with Gasteiger partial charge in [-0.2, -0.15) is 13.2 Å². The molecule has 2 aromatic carbocycles. The van der Waals surface area contributed by atoms with Gasteiger partial charge in [-0.15, -0.1) is 12.4 Å². The maximum absolute atomic E-state index is 13.9. The second kappa shape index (κ2) is 10.2. The minimum Gasteiger partial charge on any atom is -0.348 e. The van der Waals surface area contributed by atoms with E-state index in [9.17, 15) is 22.4 Å². The molecule has 2 aromatic rings. The number of halogens is 6. The molecule has 2 atom stereocenters. The summed E-state index contributed by atoms with van der Waals surface area (Å²) in [4.78, 5) is 14.7. The third-order valence-corrected chi connectivity index (χ3v) is 5.93. The number of hydrogen-bond acceptors (Lipinski definition) is 2. The molecule has 1 fully saturated rings. The van der Waals surface area contributed by atoms with Gasteiger partial charge in [0.25, 0.3) is 5.91 Å². The number of piperidine rings is 1. The summed E-state index contributed by atoms with van der Waals surface area (Å²) in [5, 5.41) is 1.99. The van der Waals surface area contributed by atoms with Crippen LogP contribution in [0, 0.1) is 11.7 Å². The lowest BCUT2D eigenvalue weighted by atomic mass is 9.88. The van der Waals surface area contributed by atoms with Gasteiger partial charge in [0.1, 0.15) is 5.82 Å². The van der Waals surface area contributed by atoms with Crippen molar-refractivity contribution in [2.45, 2.75) is 38.5 Å². The second-order valence-electron chi connectivity index (χ2n) is 7.83. The molecular weight excluding hydrogens is 455 g/mol. The van der Waals surface area contributed by atoms with E-state index < -0.39 is 22.7 Å². The Hall–Kier alpha value is -1.83. The van der Waals surface area contributed by atoms with Crippen molar-refractivity contribution in [3.8, 4) is 0 Å². The van der Waals surface area contributed by atoms with Gasteiger partial charge in [0.15, 0.2) is 0 Å². The summed E-state index contributed by atoms with van der Waals surface area (Å²) in [6.07, 6.45) is -2.78. The Kier molecular flexibility index (Phi) is 8.36. The summed E-state index contributed by atoms with van der Waals surface area (Å²) in [6.45, 7) is 3.10. The Labute approximate surface area is 190 Å². The zero-order valence-electron chi connectivity index (χ0n) is 17.1. The van der Waals surface area contributed by atoms with Gasteiger partial charge in [0.2, 0.25) is 0 Å². The van der Waals surface area contributed by atoms with Crippen LogP contribution in [0.15, 0.2) is 36.4 Å². The average Bonchev–Trinajstić information content (AvgIpc) is 2.66. The lowest BCUT2D eigenvalue weighted by Gasteiger charge is -2.37. The van der Waals surface area contributed by atoms with E-state index in [0.29, 0.717) is 5.92 Å². The average molecular weight is 479 g/mol. The minimum atomic E-state index is -4.65. The number of hydrogen-bond donors (Lipinski definition) is 1. The summed E-state index contributed by atoms with van der Waals surface area (Å²) in [6, 6.07) is 7.62. The Morgan fingerprint density at radius 1 is 1.23 bits per heavy atom. The maximum atomic E-state index is 13.9. The van der Waals surface area contributed by atoms with Gasteiger partial charge in [-0.1, -0.05) is 30.7 Å².